The smallest absolute Gasteiger partial charge is 0.223 e. The number of piperidine rings is 1. The number of carbonyl (C=O) groups is 1. The Labute approximate surface area is 137 Å². The Balaban J connectivity index is 1.75. The maximum Gasteiger partial charge on any atom is 0.223 e. The number of ether oxygens (including phenoxy) is 1. The van der Waals surface area contributed by atoms with E-state index in [4.69, 9.17) is 9.84 Å². The average molecular weight is 323 g/mol. The fraction of sp³-hybridized carbons (Fsp3) is 0.611. The van der Waals surface area contributed by atoms with Gasteiger partial charge in [-0.3, -0.25) is 4.79 Å². The SMILES string of the molecule is CC(CC(=O)N1CCC(OCCCO)CC1)c1ccc(F)cc1. The van der Waals surface area contributed by atoms with Crippen molar-refractivity contribution in [1.29, 1.82) is 0 Å². The number of amides is 1. The van der Waals surface area contributed by atoms with E-state index < -0.39 is 0 Å². The first kappa shape index (κ1) is 17.9. The van der Waals surface area contributed by atoms with Crippen LogP contribution < -0.4 is 0 Å². The van der Waals surface area contributed by atoms with Gasteiger partial charge < -0.3 is 14.7 Å². The van der Waals surface area contributed by atoms with Gasteiger partial charge in [0.1, 0.15) is 5.82 Å². The Hall–Kier alpha value is -1.46. The van der Waals surface area contributed by atoms with Gasteiger partial charge in [-0.2, -0.15) is 0 Å². The lowest BCUT2D eigenvalue weighted by Crippen LogP contribution is -2.41. The molecule has 1 saturated heterocycles. The van der Waals surface area contributed by atoms with Crippen molar-refractivity contribution in [1.82, 2.24) is 4.90 Å². The third-order valence-electron chi connectivity index (χ3n) is 4.37. The topological polar surface area (TPSA) is 49.8 Å². The molecule has 1 aromatic rings. The van der Waals surface area contributed by atoms with E-state index in [-0.39, 0.29) is 30.4 Å². The number of likely N-dealkylation sites (tertiary alicyclic amines) is 1. The quantitative estimate of drug-likeness (QED) is 0.785. The van der Waals surface area contributed by atoms with Gasteiger partial charge >= 0.3 is 0 Å². The van der Waals surface area contributed by atoms with Gasteiger partial charge in [-0.25, -0.2) is 4.39 Å². The molecule has 5 heteroatoms. The number of aliphatic hydroxyl groups excluding tert-OH is 1. The van der Waals surface area contributed by atoms with Crippen LogP contribution in [0, 0.1) is 5.82 Å². The van der Waals surface area contributed by atoms with Gasteiger partial charge in [0.05, 0.1) is 6.10 Å². The standard InChI is InChI=1S/C18H26FNO3/c1-14(15-3-5-16(19)6-4-15)13-18(22)20-9-7-17(8-10-20)23-12-2-11-21/h3-6,14,17,21H,2,7-13H2,1H3. The molecular weight excluding hydrogens is 297 g/mol. The van der Waals surface area contributed by atoms with E-state index >= 15 is 0 Å². The van der Waals surface area contributed by atoms with Crippen LogP contribution in [0.3, 0.4) is 0 Å². The Morgan fingerprint density at radius 2 is 2.00 bits per heavy atom. The molecule has 1 fully saturated rings. The molecule has 1 N–H and O–H groups in total. The van der Waals surface area contributed by atoms with Crippen LogP contribution >= 0.6 is 0 Å². The first-order valence-corrected chi connectivity index (χ1v) is 8.36. The molecule has 0 saturated carbocycles. The molecule has 2 rings (SSSR count). The summed E-state index contributed by atoms with van der Waals surface area (Å²) in [4.78, 5) is 14.3. The fourth-order valence-electron chi connectivity index (χ4n) is 2.89. The van der Waals surface area contributed by atoms with Crippen LogP contribution in [0.2, 0.25) is 0 Å². The van der Waals surface area contributed by atoms with Gasteiger partial charge in [0, 0.05) is 32.7 Å². The third-order valence-corrected chi connectivity index (χ3v) is 4.37. The molecule has 0 aromatic heterocycles. The first-order valence-electron chi connectivity index (χ1n) is 8.36. The van der Waals surface area contributed by atoms with Gasteiger partial charge in [0.25, 0.3) is 0 Å². The van der Waals surface area contributed by atoms with Crippen molar-refractivity contribution in [3.8, 4) is 0 Å². The van der Waals surface area contributed by atoms with Crippen LogP contribution in [0.25, 0.3) is 0 Å². The summed E-state index contributed by atoms with van der Waals surface area (Å²) in [5, 5.41) is 8.75. The Bertz CT molecular complexity index is 484. The van der Waals surface area contributed by atoms with Crippen LogP contribution in [-0.2, 0) is 9.53 Å². The minimum absolute atomic E-state index is 0.0848. The Morgan fingerprint density at radius 1 is 1.35 bits per heavy atom. The highest BCUT2D eigenvalue weighted by Gasteiger charge is 2.24. The van der Waals surface area contributed by atoms with Crippen molar-refractivity contribution < 1.29 is 19.0 Å². The normalized spacial score (nSPS) is 17.3. The predicted octanol–water partition coefficient (Wildman–Crippen LogP) is 2.71. The second kappa shape index (κ2) is 8.99. The summed E-state index contributed by atoms with van der Waals surface area (Å²) in [7, 11) is 0. The molecule has 0 radical (unpaired) electrons. The van der Waals surface area contributed by atoms with E-state index in [9.17, 15) is 9.18 Å². The molecule has 128 valence electrons. The predicted molar refractivity (Wildman–Crippen MR) is 86.7 cm³/mol. The molecule has 0 spiro atoms. The molecule has 23 heavy (non-hydrogen) atoms. The van der Waals surface area contributed by atoms with Crippen molar-refractivity contribution >= 4 is 5.91 Å². The van der Waals surface area contributed by atoms with Gasteiger partial charge in [-0.1, -0.05) is 19.1 Å². The number of rotatable bonds is 7. The minimum atomic E-state index is -0.254. The summed E-state index contributed by atoms with van der Waals surface area (Å²) in [5.41, 5.74) is 0.988. The highest BCUT2D eigenvalue weighted by atomic mass is 19.1. The molecule has 1 aliphatic rings. The lowest BCUT2D eigenvalue weighted by atomic mass is 9.96. The van der Waals surface area contributed by atoms with Crippen LogP contribution in [0.15, 0.2) is 24.3 Å². The summed E-state index contributed by atoms with van der Waals surface area (Å²) in [6.45, 7) is 4.17. The van der Waals surface area contributed by atoms with Gasteiger partial charge in [0.15, 0.2) is 0 Å². The van der Waals surface area contributed by atoms with Gasteiger partial charge in [-0.05, 0) is 42.9 Å². The number of aliphatic hydroxyl groups is 1. The fourth-order valence-corrected chi connectivity index (χ4v) is 2.89. The van der Waals surface area contributed by atoms with Gasteiger partial charge in [-0.15, -0.1) is 0 Å². The zero-order valence-corrected chi connectivity index (χ0v) is 13.7. The van der Waals surface area contributed by atoms with E-state index in [1.165, 1.54) is 12.1 Å². The van der Waals surface area contributed by atoms with Crippen LogP contribution in [0.1, 0.15) is 44.1 Å². The van der Waals surface area contributed by atoms with Crippen LogP contribution in [0.5, 0.6) is 0 Å². The van der Waals surface area contributed by atoms with Gasteiger partial charge in [0.2, 0.25) is 5.91 Å². The second-order valence-electron chi connectivity index (χ2n) is 6.18. The monoisotopic (exact) mass is 323 g/mol. The van der Waals surface area contributed by atoms with Crippen LogP contribution in [-0.4, -0.2) is 48.3 Å². The summed E-state index contributed by atoms with van der Waals surface area (Å²) in [6.07, 6.45) is 3.00. The van der Waals surface area contributed by atoms with E-state index in [1.807, 2.05) is 11.8 Å². The number of hydrogen-bond donors (Lipinski definition) is 1. The highest BCUT2D eigenvalue weighted by Crippen LogP contribution is 2.22. The first-order chi connectivity index (χ1) is 11.1. The van der Waals surface area contributed by atoms with E-state index in [0.29, 0.717) is 19.4 Å². The molecule has 0 aliphatic carbocycles. The largest absolute Gasteiger partial charge is 0.396 e. The highest BCUT2D eigenvalue weighted by molar-refractivity contribution is 5.77. The number of nitrogens with zero attached hydrogens (tertiary/aromatic N) is 1. The zero-order valence-electron chi connectivity index (χ0n) is 13.7. The van der Waals surface area contributed by atoms with E-state index in [0.717, 1.165) is 31.5 Å². The summed E-state index contributed by atoms with van der Waals surface area (Å²) in [6, 6.07) is 6.36. The summed E-state index contributed by atoms with van der Waals surface area (Å²) < 4.78 is 18.6. The summed E-state index contributed by atoms with van der Waals surface area (Å²) in [5.74, 6) is -0.0205. The van der Waals surface area contributed by atoms with Crippen LogP contribution in [0.4, 0.5) is 4.39 Å². The summed E-state index contributed by atoms with van der Waals surface area (Å²) >= 11 is 0. The number of halogens is 1. The van der Waals surface area contributed by atoms with E-state index in [2.05, 4.69) is 0 Å². The van der Waals surface area contributed by atoms with Crippen molar-refractivity contribution in [2.24, 2.45) is 0 Å². The number of hydrogen-bond acceptors (Lipinski definition) is 3. The molecule has 0 bridgehead atoms. The molecule has 1 amide bonds. The number of carbonyl (C=O) groups excluding carboxylic acids is 1. The lowest BCUT2D eigenvalue weighted by Gasteiger charge is -2.32. The van der Waals surface area contributed by atoms with Crippen molar-refractivity contribution in [3.63, 3.8) is 0 Å². The average Bonchev–Trinajstić information content (AvgIpc) is 2.56. The maximum atomic E-state index is 13.0. The third kappa shape index (κ3) is 5.59. The zero-order chi connectivity index (χ0) is 16.7. The maximum absolute atomic E-state index is 13.0. The van der Waals surface area contributed by atoms with E-state index in [1.54, 1.807) is 12.1 Å². The molecule has 4 nitrogen and oxygen atoms in total. The lowest BCUT2D eigenvalue weighted by molar-refractivity contribution is -0.134. The molecule has 1 unspecified atom stereocenters. The molecular formula is C18H26FNO3. The second-order valence-corrected chi connectivity index (χ2v) is 6.18. The molecule has 1 atom stereocenters. The Kier molecular flexibility index (Phi) is 6.99. The molecule has 1 heterocycles. The van der Waals surface area contributed by atoms with Crippen molar-refractivity contribution in [2.45, 2.75) is 44.6 Å². The molecule has 1 aliphatic heterocycles. The minimum Gasteiger partial charge on any atom is -0.396 e. The number of benzene rings is 1. The van der Waals surface area contributed by atoms with Crippen molar-refractivity contribution in [2.75, 3.05) is 26.3 Å². The molecule has 1 aromatic carbocycles. The Morgan fingerprint density at radius 3 is 2.61 bits per heavy atom. The van der Waals surface area contributed by atoms with Crippen molar-refractivity contribution in [3.05, 3.63) is 35.6 Å².